The van der Waals surface area contributed by atoms with Crippen LogP contribution in [0.25, 0.3) is 0 Å². The molecule has 0 aliphatic rings. The first-order valence-electron chi connectivity index (χ1n) is 4.50. The maximum absolute atomic E-state index is 10.6. The van der Waals surface area contributed by atoms with Gasteiger partial charge in [0, 0.05) is 5.88 Å². The zero-order valence-corrected chi connectivity index (χ0v) is 8.79. The fourth-order valence-corrected chi connectivity index (χ4v) is 1.38. The van der Waals surface area contributed by atoms with Gasteiger partial charge in [-0.05, 0) is 17.5 Å². The van der Waals surface area contributed by atoms with Gasteiger partial charge in [0.25, 0.3) is 0 Å². The number of carboxylic acid groups (broad SMARTS) is 1. The number of hydrogen-bond donors (Lipinski definition) is 1. The molecule has 2 nitrogen and oxygen atoms in total. The van der Waals surface area contributed by atoms with Crippen LogP contribution in [0.3, 0.4) is 0 Å². The lowest BCUT2D eigenvalue weighted by Gasteiger charge is -2.06. The average Bonchev–Trinajstić information content (AvgIpc) is 2.19. The van der Waals surface area contributed by atoms with Gasteiger partial charge in [-0.25, -0.2) is 0 Å². The first-order valence-corrected chi connectivity index (χ1v) is 5.03. The Kier molecular flexibility index (Phi) is 3.96. The molecule has 0 radical (unpaired) electrons. The van der Waals surface area contributed by atoms with Crippen LogP contribution in [-0.4, -0.2) is 11.1 Å². The molecule has 0 heterocycles. The number of benzene rings is 1. The lowest BCUT2D eigenvalue weighted by atomic mass is 10.0. The Balaban J connectivity index is 2.64. The maximum atomic E-state index is 10.6. The van der Waals surface area contributed by atoms with Crippen molar-refractivity contribution in [2.75, 3.05) is 0 Å². The molecule has 1 rings (SSSR count). The Morgan fingerprint density at radius 1 is 1.36 bits per heavy atom. The average molecular weight is 213 g/mol. The van der Waals surface area contributed by atoms with Crippen molar-refractivity contribution in [3.05, 3.63) is 35.4 Å². The van der Waals surface area contributed by atoms with Gasteiger partial charge in [-0.15, -0.1) is 11.6 Å². The summed E-state index contributed by atoms with van der Waals surface area (Å²) in [6, 6.07) is 7.71. The highest BCUT2D eigenvalue weighted by atomic mass is 35.5. The molecule has 76 valence electrons. The van der Waals surface area contributed by atoms with Crippen molar-refractivity contribution in [1.29, 1.82) is 0 Å². The van der Waals surface area contributed by atoms with E-state index in [2.05, 4.69) is 0 Å². The van der Waals surface area contributed by atoms with Crippen LogP contribution >= 0.6 is 11.6 Å². The molecule has 0 spiro atoms. The third kappa shape index (κ3) is 3.04. The number of aliphatic carboxylic acids is 1. The predicted molar refractivity (Wildman–Crippen MR) is 56.5 cm³/mol. The van der Waals surface area contributed by atoms with Crippen LogP contribution in [0.1, 0.15) is 18.1 Å². The van der Waals surface area contributed by atoms with E-state index in [0.717, 1.165) is 11.1 Å². The van der Waals surface area contributed by atoms with Crippen molar-refractivity contribution in [3.8, 4) is 0 Å². The van der Waals surface area contributed by atoms with E-state index in [1.807, 2.05) is 24.3 Å². The van der Waals surface area contributed by atoms with Gasteiger partial charge in [0.1, 0.15) is 0 Å². The largest absolute Gasteiger partial charge is 0.481 e. The molecule has 0 saturated carbocycles. The summed E-state index contributed by atoms with van der Waals surface area (Å²) in [6.07, 6.45) is 0.567. The standard InChI is InChI=1S/C11H13ClO2/c1-8(11(13)14)6-9-2-4-10(7-12)5-3-9/h2-5,8H,6-7H2,1H3,(H,13,14). The maximum Gasteiger partial charge on any atom is 0.306 e. The van der Waals surface area contributed by atoms with Crippen molar-refractivity contribution in [2.45, 2.75) is 19.2 Å². The van der Waals surface area contributed by atoms with E-state index in [-0.39, 0.29) is 5.92 Å². The number of carbonyl (C=O) groups is 1. The van der Waals surface area contributed by atoms with E-state index < -0.39 is 5.97 Å². The normalized spacial score (nSPS) is 12.4. The van der Waals surface area contributed by atoms with Crippen LogP contribution in [0.2, 0.25) is 0 Å². The zero-order valence-electron chi connectivity index (χ0n) is 8.03. The molecule has 0 bridgehead atoms. The molecule has 1 N–H and O–H groups in total. The first-order chi connectivity index (χ1) is 6.63. The molecular weight excluding hydrogens is 200 g/mol. The minimum Gasteiger partial charge on any atom is -0.481 e. The number of alkyl halides is 1. The lowest BCUT2D eigenvalue weighted by molar-refractivity contribution is -0.141. The molecule has 0 aliphatic heterocycles. The minimum absolute atomic E-state index is 0.336. The second-order valence-electron chi connectivity index (χ2n) is 3.39. The summed E-state index contributed by atoms with van der Waals surface area (Å²) >= 11 is 5.64. The topological polar surface area (TPSA) is 37.3 Å². The minimum atomic E-state index is -0.758. The molecular formula is C11H13ClO2. The fraction of sp³-hybridized carbons (Fsp3) is 0.364. The summed E-state index contributed by atoms with van der Waals surface area (Å²) in [5, 5.41) is 8.72. The lowest BCUT2D eigenvalue weighted by Crippen LogP contribution is -2.12. The molecule has 14 heavy (non-hydrogen) atoms. The number of rotatable bonds is 4. The fourth-order valence-electron chi connectivity index (χ4n) is 1.21. The highest BCUT2D eigenvalue weighted by Crippen LogP contribution is 2.11. The summed E-state index contributed by atoms with van der Waals surface area (Å²) < 4.78 is 0. The van der Waals surface area contributed by atoms with E-state index in [1.54, 1.807) is 6.92 Å². The summed E-state index contributed by atoms with van der Waals surface area (Å²) in [6.45, 7) is 1.71. The van der Waals surface area contributed by atoms with Gasteiger partial charge in [-0.1, -0.05) is 31.2 Å². The van der Waals surface area contributed by atoms with E-state index >= 15 is 0 Å². The molecule has 0 aromatic heterocycles. The van der Waals surface area contributed by atoms with E-state index in [0.29, 0.717) is 12.3 Å². The Bertz CT molecular complexity index is 306. The van der Waals surface area contributed by atoms with Crippen LogP contribution in [0, 0.1) is 5.92 Å². The van der Waals surface area contributed by atoms with Gasteiger partial charge in [0.2, 0.25) is 0 Å². The second-order valence-corrected chi connectivity index (χ2v) is 3.66. The molecule has 0 saturated heterocycles. The summed E-state index contributed by atoms with van der Waals surface area (Å²) in [4.78, 5) is 10.6. The summed E-state index contributed by atoms with van der Waals surface area (Å²) in [5.74, 6) is -0.599. The molecule has 0 aliphatic carbocycles. The second kappa shape index (κ2) is 5.01. The molecule has 1 atom stereocenters. The van der Waals surface area contributed by atoms with E-state index in [1.165, 1.54) is 0 Å². The Morgan fingerprint density at radius 2 is 1.86 bits per heavy atom. The van der Waals surface area contributed by atoms with Gasteiger partial charge < -0.3 is 5.11 Å². The third-order valence-electron chi connectivity index (χ3n) is 2.14. The van der Waals surface area contributed by atoms with Gasteiger partial charge in [0.05, 0.1) is 5.92 Å². The van der Waals surface area contributed by atoms with Crippen LogP contribution in [0.4, 0.5) is 0 Å². The molecule has 3 heteroatoms. The van der Waals surface area contributed by atoms with Gasteiger partial charge in [0.15, 0.2) is 0 Å². The molecule has 0 fully saturated rings. The Morgan fingerprint density at radius 3 is 2.29 bits per heavy atom. The van der Waals surface area contributed by atoms with E-state index in [9.17, 15) is 4.79 Å². The third-order valence-corrected chi connectivity index (χ3v) is 2.45. The van der Waals surface area contributed by atoms with Gasteiger partial charge >= 0.3 is 5.97 Å². The van der Waals surface area contributed by atoms with Gasteiger partial charge in [-0.3, -0.25) is 4.79 Å². The molecule has 1 aromatic rings. The van der Waals surface area contributed by atoms with Gasteiger partial charge in [-0.2, -0.15) is 0 Å². The number of hydrogen-bond acceptors (Lipinski definition) is 1. The monoisotopic (exact) mass is 212 g/mol. The van der Waals surface area contributed by atoms with Crippen molar-refractivity contribution < 1.29 is 9.90 Å². The zero-order chi connectivity index (χ0) is 10.6. The van der Waals surface area contributed by atoms with Crippen molar-refractivity contribution >= 4 is 17.6 Å². The highest BCUT2D eigenvalue weighted by molar-refractivity contribution is 6.17. The Hall–Kier alpha value is -1.02. The SMILES string of the molecule is CC(Cc1ccc(CCl)cc1)C(=O)O. The molecule has 1 unspecified atom stereocenters. The van der Waals surface area contributed by atoms with Crippen molar-refractivity contribution in [2.24, 2.45) is 5.92 Å². The predicted octanol–water partition coefficient (Wildman–Crippen LogP) is 2.69. The number of carboxylic acids is 1. The van der Waals surface area contributed by atoms with E-state index in [4.69, 9.17) is 16.7 Å². The molecule has 1 aromatic carbocycles. The summed E-state index contributed by atoms with van der Waals surface area (Å²) in [5.41, 5.74) is 2.09. The van der Waals surface area contributed by atoms with Crippen LogP contribution in [0.15, 0.2) is 24.3 Å². The van der Waals surface area contributed by atoms with Crippen LogP contribution in [-0.2, 0) is 17.1 Å². The number of halogens is 1. The summed E-state index contributed by atoms with van der Waals surface area (Å²) in [7, 11) is 0. The quantitative estimate of drug-likeness (QED) is 0.780. The Labute approximate surface area is 88.5 Å². The van der Waals surface area contributed by atoms with Crippen LogP contribution in [0.5, 0.6) is 0 Å². The van der Waals surface area contributed by atoms with Crippen LogP contribution < -0.4 is 0 Å². The highest BCUT2D eigenvalue weighted by Gasteiger charge is 2.10. The first kappa shape index (κ1) is 11.1. The van der Waals surface area contributed by atoms with Crippen molar-refractivity contribution in [3.63, 3.8) is 0 Å². The smallest absolute Gasteiger partial charge is 0.306 e. The van der Waals surface area contributed by atoms with Crippen molar-refractivity contribution in [1.82, 2.24) is 0 Å². The molecule has 0 amide bonds.